The Labute approximate surface area is 148 Å². The molecule has 0 saturated carbocycles. The number of carbonyl (C=O) groups excluding carboxylic acids is 1. The highest BCUT2D eigenvalue weighted by atomic mass is 35.5. The summed E-state index contributed by atoms with van der Waals surface area (Å²) in [7, 11) is 1.70. The first-order valence-electron chi connectivity index (χ1n) is 7.40. The molecule has 5 nitrogen and oxygen atoms in total. The quantitative estimate of drug-likeness (QED) is 0.486. The molecule has 0 amide bonds. The molecule has 128 valence electrons. The Morgan fingerprint density at radius 3 is 2.92 bits per heavy atom. The number of furan rings is 1. The normalized spacial score (nSPS) is 11.2. The number of halogens is 2. The van der Waals surface area contributed by atoms with E-state index in [1.54, 1.807) is 37.5 Å². The van der Waals surface area contributed by atoms with Gasteiger partial charge in [0.1, 0.15) is 35.4 Å². The van der Waals surface area contributed by atoms with Crippen LogP contribution in [0.1, 0.15) is 22.0 Å². The molecule has 0 N–H and O–H groups in total. The number of hydrogen-bond donors (Lipinski definition) is 0. The molecule has 0 fully saturated rings. The van der Waals surface area contributed by atoms with Crippen LogP contribution in [0.15, 0.2) is 53.1 Å². The third-order valence-corrected chi connectivity index (χ3v) is 3.71. The van der Waals surface area contributed by atoms with Crippen LogP contribution in [0.3, 0.4) is 0 Å². The van der Waals surface area contributed by atoms with E-state index in [1.807, 2.05) is 0 Å². The zero-order valence-corrected chi connectivity index (χ0v) is 14.0. The lowest BCUT2D eigenvalue weighted by Gasteiger charge is -2.05. The summed E-state index contributed by atoms with van der Waals surface area (Å²) in [5.41, 5.74) is 0.484. The minimum atomic E-state index is -0.430. The number of ketones is 1. The molecule has 3 aromatic rings. The Morgan fingerprint density at radius 1 is 1.36 bits per heavy atom. The first-order chi connectivity index (χ1) is 12.0. The maximum Gasteiger partial charge on any atom is 0.203 e. The van der Waals surface area contributed by atoms with Gasteiger partial charge in [-0.15, -0.1) is 0 Å². The fraction of sp³-hybridized carbons (Fsp3) is 0.111. The predicted octanol–water partition coefficient (Wildman–Crippen LogP) is 4.28. The number of hydrogen-bond acceptors (Lipinski definition) is 4. The number of benzene rings is 1. The number of nitrogens with zero attached hydrogens (tertiary/aromatic N) is 2. The lowest BCUT2D eigenvalue weighted by molar-refractivity contribution is 0.103. The molecule has 0 atom stereocenters. The van der Waals surface area contributed by atoms with Gasteiger partial charge in [0.25, 0.3) is 0 Å². The average Bonchev–Trinajstić information content (AvgIpc) is 3.21. The Hall–Kier alpha value is -2.86. The summed E-state index contributed by atoms with van der Waals surface area (Å²) in [5, 5.41) is 4.14. The minimum Gasteiger partial charge on any atom is -0.484 e. The van der Waals surface area contributed by atoms with Crippen molar-refractivity contribution in [2.75, 3.05) is 0 Å². The Morgan fingerprint density at radius 2 is 2.20 bits per heavy atom. The molecule has 7 heteroatoms. The van der Waals surface area contributed by atoms with Crippen molar-refractivity contribution in [3.05, 3.63) is 76.7 Å². The summed E-state index contributed by atoms with van der Waals surface area (Å²) in [6, 6.07) is 8.98. The van der Waals surface area contributed by atoms with Gasteiger partial charge in [-0.05, 0) is 48.6 Å². The third kappa shape index (κ3) is 4.16. The fourth-order valence-electron chi connectivity index (χ4n) is 2.16. The highest BCUT2D eigenvalue weighted by Gasteiger charge is 2.08. The van der Waals surface area contributed by atoms with Gasteiger partial charge in [-0.25, -0.2) is 4.39 Å². The zero-order chi connectivity index (χ0) is 17.8. The van der Waals surface area contributed by atoms with Gasteiger partial charge in [0.15, 0.2) is 0 Å². The Kier molecular flexibility index (Phi) is 5.00. The molecule has 0 unspecified atom stereocenters. The highest BCUT2D eigenvalue weighted by Crippen LogP contribution is 2.26. The Balaban J connectivity index is 1.61. The molecule has 0 saturated heterocycles. The third-order valence-electron chi connectivity index (χ3n) is 3.42. The molecule has 3 rings (SSSR count). The van der Waals surface area contributed by atoms with Gasteiger partial charge in [0.05, 0.1) is 5.02 Å². The molecule has 0 radical (unpaired) electrons. The van der Waals surface area contributed by atoms with E-state index in [4.69, 9.17) is 20.8 Å². The largest absolute Gasteiger partial charge is 0.484 e. The maximum absolute atomic E-state index is 13.0. The molecule has 0 aliphatic heterocycles. The number of aromatic nitrogens is 2. The molecule has 2 heterocycles. The summed E-state index contributed by atoms with van der Waals surface area (Å²) < 4.78 is 25.6. The maximum atomic E-state index is 13.0. The smallest absolute Gasteiger partial charge is 0.203 e. The molecule has 1 aromatic carbocycles. The number of carbonyl (C=O) groups is 1. The van der Waals surface area contributed by atoms with Crippen molar-refractivity contribution < 1.29 is 18.3 Å². The van der Waals surface area contributed by atoms with Crippen molar-refractivity contribution in [3.63, 3.8) is 0 Å². The van der Waals surface area contributed by atoms with Crippen LogP contribution in [0, 0.1) is 5.82 Å². The number of rotatable bonds is 6. The summed E-state index contributed by atoms with van der Waals surface area (Å²) in [5.74, 6) is 0.823. The second-order valence-electron chi connectivity index (χ2n) is 5.21. The molecule has 0 aliphatic rings. The lowest BCUT2D eigenvalue weighted by Crippen LogP contribution is -2.03. The zero-order valence-electron chi connectivity index (χ0n) is 13.3. The van der Waals surface area contributed by atoms with E-state index >= 15 is 0 Å². The average molecular weight is 361 g/mol. The van der Waals surface area contributed by atoms with Crippen molar-refractivity contribution in [2.45, 2.75) is 6.61 Å². The molecular formula is C18H14ClFN2O3. The summed E-state index contributed by atoms with van der Waals surface area (Å²) in [6.07, 6.45) is 4.55. The van der Waals surface area contributed by atoms with Gasteiger partial charge in [0.2, 0.25) is 5.78 Å². The predicted molar refractivity (Wildman–Crippen MR) is 91.0 cm³/mol. The topological polar surface area (TPSA) is 57.3 Å². The van der Waals surface area contributed by atoms with E-state index in [2.05, 4.69) is 5.10 Å². The lowest BCUT2D eigenvalue weighted by atomic mass is 10.2. The van der Waals surface area contributed by atoms with Gasteiger partial charge in [0, 0.05) is 13.2 Å². The van der Waals surface area contributed by atoms with Gasteiger partial charge in [-0.3, -0.25) is 9.48 Å². The molecule has 25 heavy (non-hydrogen) atoms. The number of allylic oxidation sites excluding steroid dienone is 1. The van der Waals surface area contributed by atoms with Crippen molar-refractivity contribution >= 4 is 23.5 Å². The standard InChI is InChI=1S/C18H14ClFN2O3/c1-22-16(8-9-21-22)17(23)6-5-13-3-4-14(25-13)11-24-18-7-2-12(20)10-15(18)19/h2-10H,11H2,1H3. The second-order valence-corrected chi connectivity index (χ2v) is 5.61. The summed E-state index contributed by atoms with van der Waals surface area (Å²) >= 11 is 5.90. The van der Waals surface area contributed by atoms with Gasteiger partial charge < -0.3 is 9.15 Å². The van der Waals surface area contributed by atoms with E-state index in [-0.39, 0.29) is 17.4 Å². The SMILES string of the molecule is Cn1nccc1C(=O)C=Cc1ccc(COc2ccc(F)cc2Cl)o1. The number of ether oxygens (including phenoxy) is 1. The van der Waals surface area contributed by atoms with Gasteiger partial charge in [-0.1, -0.05) is 11.6 Å². The first-order valence-corrected chi connectivity index (χ1v) is 7.78. The van der Waals surface area contributed by atoms with E-state index < -0.39 is 5.82 Å². The molecule has 0 spiro atoms. The van der Waals surface area contributed by atoms with Crippen molar-refractivity contribution in [1.29, 1.82) is 0 Å². The van der Waals surface area contributed by atoms with Crippen LogP contribution in [-0.4, -0.2) is 15.6 Å². The fourth-order valence-corrected chi connectivity index (χ4v) is 2.38. The van der Waals surface area contributed by atoms with Gasteiger partial charge >= 0.3 is 0 Å². The first kappa shape index (κ1) is 17.0. The van der Waals surface area contributed by atoms with Crippen LogP contribution in [0.4, 0.5) is 4.39 Å². The van der Waals surface area contributed by atoms with Crippen molar-refractivity contribution in [1.82, 2.24) is 9.78 Å². The Bertz CT molecular complexity index is 930. The monoisotopic (exact) mass is 360 g/mol. The van der Waals surface area contributed by atoms with Gasteiger partial charge in [-0.2, -0.15) is 5.10 Å². The van der Waals surface area contributed by atoms with Crippen LogP contribution in [0.5, 0.6) is 5.75 Å². The van der Waals surface area contributed by atoms with Crippen LogP contribution >= 0.6 is 11.6 Å². The van der Waals surface area contributed by atoms with Crippen LogP contribution in [-0.2, 0) is 13.7 Å². The van der Waals surface area contributed by atoms with Crippen LogP contribution in [0.2, 0.25) is 5.02 Å². The van der Waals surface area contributed by atoms with E-state index in [1.165, 1.54) is 29.0 Å². The number of aryl methyl sites for hydroxylation is 1. The van der Waals surface area contributed by atoms with Crippen LogP contribution < -0.4 is 4.74 Å². The van der Waals surface area contributed by atoms with E-state index in [9.17, 15) is 9.18 Å². The second kappa shape index (κ2) is 7.36. The highest BCUT2D eigenvalue weighted by molar-refractivity contribution is 6.32. The molecule has 0 bridgehead atoms. The van der Waals surface area contributed by atoms with Crippen molar-refractivity contribution in [3.8, 4) is 5.75 Å². The summed E-state index contributed by atoms with van der Waals surface area (Å²) in [6.45, 7) is 0.134. The van der Waals surface area contributed by atoms with E-state index in [0.717, 1.165) is 0 Å². The molecule has 0 aliphatic carbocycles. The van der Waals surface area contributed by atoms with Crippen molar-refractivity contribution in [2.24, 2.45) is 7.05 Å². The molecular weight excluding hydrogens is 347 g/mol. The summed E-state index contributed by atoms with van der Waals surface area (Å²) in [4.78, 5) is 12.0. The minimum absolute atomic E-state index is 0.134. The molecule has 2 aromatic heterocycles. The van der Waals surface area contributed by atoms with Crippen LogP contribution in [0.25, 0.3) is 6.08 Å². The van der Waals surface area contributed by atoms with E-state index in [0.29, 0.717) is 23.0 Å².